The van der Waals surface area contributed by atoms with Crippen molar-refractivity contribution in [2.24, 2.45) is 0 Å². The van der Waals surface area contributed by atoms with Gasteiger partial charge in [-0.15, -0.1) is 0 Å². The summed E-state index contributed by atoms with van der Waals surface area (Å²) in [5.41, 5.74) is -1.09. The molecule has 1 aromatic carbocycles. The topological polar surface area (TPSA) is 40.5 Å². The molecule has 2 rings (SSSR count). The van der Waals surface area contributed by atoms with Crippen molar-refractivity contribution < 1.29 is 14.3 Å². The van der Waals surface area contributed by atoms with E-state index in [-0.39, 0.29) is 5.56 Å². The van der Waals surface area contributed by atoms with E-state index in [1.807, 2.05) is 4.90 Å². The first-order valence-corrected chi connectivity index (χ1v) is 6.69. The number of benzene rings is 1. The largest absolute Gasteiger partial charge is 0.480 e. The second-order valence-electron chi connectivity index (χ2n) is 4.70. The molecule has 1 saturated heterocycles. The van der Waals surface area contributed by atoms with Crippen LogP contribution in [0.25, 0.3) is 0 Å². The molecule has 1 N–H and O–H groups in total. The minimum atomic E-state index is -1.30. The fourth-order valence-electron chi connectivity index (χ4n) is 2.46. The molecule has 1 heterocycles. The summed E-state index contributed by atoms with van der Waals surface area (Å²) in [6.45, 7) is 2.95. The van der Waals surface area contributed by atoms with Gasteiger partial charge in [0.25, 0.3) is 0 Å². The fourth-order valence-corrected chi connectivity index (χ4v) is 2.82. The average molecular weight is 316 g/mol. The third-order valence-corrected chi connectivity index (χ3v) is 4.10. The van der Waals surface area contributed by atoms with Crippen LogP contribution in [0.2, 0.25) is 0 Å². The second kappa shape index (κ2) is 4.97. The van der Waals surface area contributed by atoms with Crippen molar-refractivity contribution in [3.05, 3.63) is 34.1 Å². The van der Waals surface area contributed by atoms with Gasteiger partial charge in [-0.3, -0.25) is 4.90 Å². The molecule has 1 aliphatic rings. The zero-order valence-corrected chi connectivity index (χ0v) is 11.7. The highest BCUT2D eigenvalue weighted by atomic mass is 79.9. The predicted octanol–water partition coefficient (Wildman–Crippen LogP) is 2.98. The number of aliphatic carboxylic acids is 1. The third-order valence-electron chi connectivity index (χ3n) is 3.61. The summed E-state index contributed by atoms with van der Waals surface area (Å²) < 4.78 is 14.7. The molecule has 18 heavy (non-hydrogen) atoms. The summed E-state index contributed by atoms with van der Waals surface area (Å²) in [5.74, 6) is -1.49. The number of carboxylic acid groups (broad SMARTS) is 1. The molecule has 1 aromatic rings. The van der Waals surface area contributed by atoms with E-state index in [4.69, 9.17) is 0 Å². The number of hydrogen-bond acceptors (Lipinski definition) is 2. The summed E-state index contributed by atoms with van der Waals surface area (Å²) >= 11 is 3.27. The van der Waals surface area contributed by atoms with Crippen LogP contribution >= 0.6 is 15.9 Å². The molecule has 3 nitrogen and oxygen atoms in total. The van der Waals surface area contributed by atoms with Gasteiger partial charge >= 0.3 is 5.97 Å². The molecule has 1 atom stereocenters. The molecule has 98 valence electrons. The van der Waals surface area contributed by atoms with Crippen molar-refractivity contribution in [3.8, 4) is 0 Å². The summed E-state index contributed by atoms with van der Waals surface area (Å²) in [5, 5.41) is 9.54. The lowest BCUT2D eigenvalue weighted by Gasteiger charge is -2.35. The average Bonchev–Trinajstić information content (AvgIpc) is 2.85. The smallest absolute Gasteiger partial charge is 0.328 e. The lowest BCUT2D eigenvalue weighted by Crippen LogP contribution is -2.49. The van der Waals surface area contributed by atoms with E-state index in [1.165, 1.54) is 6.07 Å². The number of rotatable bonds is 3. The summed E-state index contributed by atoms with van der Waals surface area (Å²) in [4.78, 5) is 13.5. The third kappa shape index (κ3) is 2.17. The van der Waals surface area contributed by atoms with Gasteiger partial charge in [0, 0.05) is 10.0 Å². The van der Waals surface area contributed by atoms with Crippen molar-refractivity contribution in [1.82, 2.24) is 4.90 Å². The van der Waals surface area contributed by atoms with Crippen molar-refractivity contribution in [2.75, 3.05) is 13.1 Å². The normalized spacial score (nSPS) is 19.7. The van der Waals surface area contributed by atoms with Gasteiger partial charge in [-0.2, -0.15) is 0 Å². The zero-order valence-electron chi connectivity index (χ0n) is 10.1. The van der Waals surface area contributed by atoms with Gasteiger partial charge in [0.1, 0.15) is 11.4 Å². The van der Waals surface area contributed by atoms with E-state index in [9.17, 15) is 14.3 Å². The Morgan fingerprint density at radius 3 is 2.61 bits per heavy atom. The van der Waals surface area contributed by atoms with Crippen LogP contribution < -0.4 is 0 Å². The highest BCUT2D eigenvalue weighted by molar-refractivity contribution is 9.10. The summed E-state index contributed by atoms with van der Waals surface area (Å²) in [7, 11) is 0. The first kappa shape index (κ1) is 13.5. The monoisotopic (exact) mass is 315 g/mol. The van der Waals surface area contributed by atoms with E-state index in [2.05, 4.69) is 15.9 Å². The molecule has 0 aromatic heterocycles. The lowest BCUT2D eigenvalue weighted by molar-refractivity contribution is -0.150. The maximum absolute atomic E-state index is 14.0. The number of carbonyl (C=O) groups is 1. The minimum absolute atomic E-state index is 0.214. The highest BCUT2D eigenvalue weighted by Gasteiger charge is 2.44. The molecule has 1 unspecified atom stereocenters. The van der Waals surface area contributed by atoms with Gasteiger partial charge in [0.05, 0.1) is 0 Å². The molecule has 1 fully saturated rings. The summed E-state index contributed by atoms with van der Waals surface area (Å²) in [6, 6.07) is 4.43. The number of hydrogen-bond donors (Lipinski definition) is 1. The Balaban J connectivity index is 2.52. The Labute approximate surface area is 114 Å². The van der Waals surface area contributed by atoms with Crippen molar-refractivity contribution in [1.29, 1.82) is 0 Å². The number of likely N-dealkylation sites (tertiary alicyclic amines) is 1. The first-order valence-electron chi connectivity index (χ1n) is 5.90. The number of carboxylic acids is 1. The molecule has 0 spiro atoms. The van der Waals surface area contributed by atoms with Crippen molar-refractivity contribution >= 4 is 21.9 Å². The van der Waals surface area contributed by atoms with Crippen LogP contribution in [0.4, 0.5) is 4.39 Å². The van der Waals surface area contributed by atoms with Gasteiger partial charge in [-0.05, 0) is 51.1 Å². The van der Waals surface area contributed by atoms with E-state index >= 15 is 0 Å². The van der Waals surface area contributed by atoms with E-state index in [0.717, 1.165) is 12.8 Å². The van der Waals surface area contributed by atoms with Crippen LogP contribution in [-0.4, -0.2) is 29.1 Å². The van der Waals surface area contributed by atoms with Crippen LogP contribution in [0.15, 0.2) is 22.7 Å². The highest BCUT2D eigenvalue weighted by Crippen LogP contribution is 2.34. The number of nitrogens with zero attached hydrogens (tertiary/aromatic N) is 1. The van der Waals surface area contributed by atoms with E-state index in [0.29, 0.717) is 17.6 Å². The Bertz CT molecular complexity index is 474. The predicted molar refractivity (Wildman–Crippen MR) is 69.9 cm³/mol. The Hall–Kier alpha value is -0.940. The minimum Gasteiger partial charge on any atom is -0.480 e. The summed E-state index contributed by atoms with van der Waals surface area (Å²) in [6.07, 6.45) is 1.91. The van der Waals surface area contributed by atoms with Gasteiger partial charge in [0.2, 0.25) is 0 Å². The van der Waals surface area contributed by atoms with Crippen LogP contribution in [0, 0.1) is 5.82 Å². The Kier molecular flexibility index (Phi) is 3.73. The van der Waals surface area contributed by atoms with E-state index in [1.54, 1.807) is 19.1 Å². The molecular formula is C13H15BrFNO2. The SMILES string of the molecule is CC(C(=O)O)(c1cc(Br)ccc1F)N1CCCC1. The molecule has 0 amide bonds. The van der Waals surface area contributed by atoms with Crippen LogP contribution in [0.5, 0.6) is 0 Å². The van der Waals surface area contributed by atoms with Crippen LogP contribution in [-0.2, 0) is 10.3 Å². The second-order valence-corrected chi connectivity index (χ2v) is 5.61. The molecule has 1 aliphatic heterocycles. The maximum Gasteiger partial charge on any atom is 0.328 e. The molecule has 0 aliphatic carbocycles. The maximum atomic E-state index is 14.0. The van der Waals surface area contributed by atoms with Crippen molar-refractivity contribution in [3.63, 3.8) is 0 Å². The standard InChI is InChI=1S/C13H15BrFNO2/c1-13(12(17)18,16-6-2-3-7-16)10-8-9(14)4-5-11(10)15/h4-5,8H,2-3,6-7H2,1H3,(H,17,18). The van der Waals surface area contributed by atoms with Gasteiger partial charge in [-0.25, -0.2) is 9.18 Å². The molecular weight excluding hydrogens is 301 g/mol. The molecule has 5 heteroatoms. The van der Waals surface area contributed by atoms with E-state index < -0.39 is 17.3 Å². The molecule has 0 saturated carbocycles. The Morgan fingerprint density at radius 2 is 2.06 bits per heavy atom. The van der Waals surface area contributed by atoms with Crippen LogP contribution in [0.1, 0.15) is 25.3 Å². The van der Waals surface area contributed by atoms with Gasteiger partial charge in [-0.1, -0.05) is 15.9 Å². The molecule has 0 radical (unpaired) electrons. The van der Waals surface area contributed by atoms with Gasteiger partial charge in [0.15, 0.2) is 0 Å². The number of halogens is 2. The lowest BCUT2D eigenvalue weighted by atomic mass is 9.90. The van der Waals surface area contributed by atoms with Crippen LogP contribution in [0.3, 0.4) is 0 Å². The molecule has 0 bridgehead atoms. The Morgan fingerprint density at radius 1 is 1.44 bits per heavy atom. The first-order chi connectivity index (χ1) is 8.46. The zero-order chi connectivity index (χ0) is 13.3. The van der Waals surface area contributed by atoms with Crippen molar-refractivity contribution in [2.45, 2.75) is 25.3 Å². The fraction of sp³-hybridized carbons (Fsp3) is 0.462. The quantitative estimate of drug-likeness (QED) is 0.932. The van der Waals surface area contributed by atoms with Gasteiger partial charge < -0.3 is 5.11 Å².